The van der Waals surface area contributed by atoms with E-state index in [-0.39, 0.29) is 24.0 Å². The van der Waals surface area contributed by atoms with E-state index in [9.17, 15) is 9.59 Å². The van der Waals surface area contributed by atoms with E-state index >= 15 is 0 Å². The highest BCUT2D eigenvalue weighted by Crippen LogP contribution is 2.16. The van der Waals surface area contributed by atoms with Gasteiger partial charge in [0.2, 0.25) is 11.8 Å². The quantitative estimate of drug-likeness (QED) is 0.749. The van der Waals surface area contributed by atoms with Crippen molar-refractivity contribution < 1.29 is 14.3 Å². The molecule has 2 amide bonds. The number of carbonyl (C=O) groups is 2. The Morgan fingerprint density at radius 3 is 2.20 bits per heavy atom. The summed E-state index contributed by atoms with van der Waals surface area (Å²) in [6.45, 7) is 4.99. The van der Waals surface area contributed by atoms with Crippen LogP contribution in [0.3, 0.4) is 0 Å². The second-order valence-electron chi connectivity index (χ2n) is 5.15. The number of rotatable bonds is 5. The van der Waals surface area contributed by atoms with Gasteiger partial charge in [-0.3, -0.25) is 9.59 Å². The van der Waals surface area contributed by atoms with Crippen LogP contribution >= 0.6 is 0 Å². The highest BCUT2D eigenvalue weighted by molar-refractivity contribution is 5.92. The molecule has 0 unspecified atom stereocenters. The van der Waals surface area contributed by atoms with E-state index in [1.54, 1.807) is 24.3 Å². The van der Waals surface area contributed by atoms with Crippen LogP contribution in [0.1, 0.15) is 13.8 Å². The Hall–Kier alpha value is -1.92. The Morgan fingerprint density at radius 1 is 1.20 bits per heavy atom. The molecule has 6 nitrogen and oxygen atoms in total. The number of nitrogens with one attached hydrogen (secondary N) is 3. The summed E-state index contributed by atoms with van der Waals surface area (Å²) in [7, 11) is 0. The lowest BCUT2D eigenvalue weighted by molar-refractivity contribution is -0.130. The van der Waals surface area contributed by atoms with E-state index in [4.69, 9.17) is 4.74 Å². The average Bonchev–Trinajstić information content (AvgIpc) is 2.36. The van der Waals surface area contributed by atoms with Crippen LogP contribution in [0, 0.1) is 0 Å². The van der Waals surface area contributed by atoms with Gasteiger partial charge in [-0.25, -0.2) is 0 Å². The number of hydrogen-bond donors (Lipinski definition) is 3. The summed E-state index contributed by atoms with van der Waals surface area (Å²) < 4.78 is 5.54. The molecule has 1 aliphatic heterocycles. The SMILES string of the molecule is CC(=O)Nc1ccc(NC(=O)COC2(C)CNC2)cc1. The van der Waals surface area contributed by atoms with Crippen LogP contribution in [0.15, 0.2) is 24.3 Å². The van der Waals surface area contributed by atoms with Crippen LogP contribution in [-0.2, 0) is 14.3 Å². The predicted molar refractivity (Wildman–Crippen MR) is 76.6 cm³/mol. The van der Waals surface area contributed by atoms with E-state index in [0.29, 0.717) is 11.4 Å². The monoisotopic (exact) mass is 277 g/mol. The largest absolute Gasteiger partial charge is 0.363 e. The van der Waals surface area contributed by atoms with Crippen LogP contribution < -0.4 is 16.0 Å². The molecule has 3 N–H and O–H groups in total. The zero-order valence-corrected chi connectivity index (χ0v) is 11.7. The second kappa shape index (κ2) is 6.02. The normalized spacial score (nSPS) is 16.1. The Bertz CT molecular complexity index is 495. The predicted octanol–water partition coefficient (Wildman–Crippen LogP) is 0.962. The first kappa shape index (κ1) is 14.5. The molecule has 1 heterocycles. The summed E-state index contributed by atoms with van der Waals surface area (Å²) in [5.41, 5.74) is 1.14. The van der Waals surface area contributed by atoms with Gasteiger partial charge in [-0.05, 0) is 31.2 Å². The van der Waals surface area contributed by atoms with Gasteiger partial charge in [0.25, 0.3) is 0 Å². The van der Waals surface area contributed by atoms with Crippen LogP contribution in [0.5, 0.6) is 0 Å². The van der Waals surface area contributed by atoms with Gasteiger partial charge in [0.15, 0.2) is 0 Å². The summed E-state index contributed by atoms with van der Waals surface area (Å²) in [5, 5.41) is 8.51. The van der Waals surface area contributed by atoms with Gasteiger partial charge in [0.1, 0.15) is 6.61 Å². The standard InChI is InChI=1S/C14H19N3O3/c1-10(18)16-11-3-5-12(6-4-11)17-13(19)7-20-14(2)8-15-9-14/h3-6,15H,7-9H2,1-2H3,(H,16,18)(H,17,19). The first-order valence-electron chi connectivity index (χ1n) is 6.49. The lowest BCUT2D eigenvalue weighted by Crippen LogP contribution is -2.59. The van der Waals surface area contributed by atoms with Gasteiger partial charge < -0.3 is 20.7 Å². The van der Waals surface area contributed by atoms with E-state index in [0.717, 1.165) is 13.1 Å². The van der Waals surface area contributed by atoms with E-state index < -0.39 is 0 Å². The lowest BCUT2D eigenvalue weighted by Gasteiger charge is -2.38. The molecule has 0 aliphatic carbocycles. The average molecular weight is 277 g/mol. The molecule has 1 saturated heterocycles. The van der Waals surface area contributed by atoms with Crippen molar-refractivity contribution in [3.63, 3.8) is 0 Å². The molecule has 20 heavy (non-hydrogen) atoms. The maximum absolute atomic E-state index is 11.7. The van der Waals surface area contributed by atoms with Gasteiger partial charge in [-0.2, -0.15) is 0 Å². The van der Waals surface area contributed by atoms with Crippen LogP contribution in [0.2, 0.25) is 0 Å². The number of anilines is 2. The second-order valence-corrected chi connectivity index (χ2v) is 5.15. The van der Waals surface area contributed by atoms with Gasteiger partial charge in [0.05, 0.1) is 5.60 Å². The van der Waals surface area contributed by atoms with E-state index in [1.165, 1.54) is 6.92 Å². The zero-order chi connectivity index (χ0) is 14.6. The minimum Gasteiger partial charge on any atom is -0.363 e. The van der Waals surface area contributed by atoms with Crippen molar-refractivity contribution in [3.05, 3.63) is 24.3 Å². The van der Waals surface area contributed by atoms with Crippen molar-refractivity contribution in [2.24, 2.45) is 0 Å². The highest BCUT2D eigenvalue weighted by atomic mass is 16.5. The topological polar surface area (TPSA) is 79.5 Å². The van der Waals surface area contributed by atoms with Crippen molar-refractivity contribution in [2.45, 2.75) is 19.4 Å². The Morgan fingerprint density at radius 2 is 1.75 bits per heavy atom. The summed E-state index contributed by atoms with van der Waals surface area (Å²) >= 11 is 0. The molecule has 0 aromatic heterocycles. The third-order valence-electron chi connectivity index (χ3n) is 3.04. The minimum absolute atomic E-state index is 0.0334. The summed E-state index contributed by atoms with van der Waals surface area (Å²) in [5.74, 6) is -0.317. The fraction of sp³-hybridized carbons (Fsp3) is 0.429. The van der Waals surface area contributed by atoms with Crippen molar-refractivity contribution in [1.29, 1.82) is 0 Å². The van der Waals surface area contributed by atoms with E-state index in [1.807, 2.05) is 6.92 Å². The molecule has 0 atom stereocenters. The third kappa shape index (κ3) is 4.04. The van der Waals surface area contributed by atoms with Gasteiger partial charge in [0, 0.05) is 31.4 Å². The molecule has 1 aromatic carbocycles. The first-order valence-corrected chi connectivity index (χ1v) is 6.49. The van der Waals surface area contributed by atoms with Crippen molar-refractivity contribution >= 4 is 23.2 Å². The number of hydrogen-bond acceptors (Lipinski definition) is 4. The molecule has 108 valence electrons. The Balaban J connectivity index is 1.80. The number of carbonyl (C=O) groups excluding carboxylic acids is 2. The summed E-state index contributed by atoms with van der Waals surface area (Å²) in [4.78, 5) is 22.6. The maximum Gasteiger partial charge on any atom is 0.250 e. The molecule has 1 fully saturated rings. The smallest absolute Gasteiger partial charge is 0.250 e. The lowest BCUT2D eigenvalue weighted by atomic mass is 10.0. The molecule has 2 rings (SSSR count). The third-order valence-corrected chi connectivity index (χ3v) is 3.04. The van der Waals surface area contributed by atoms with Crippen LogP contribution in [-0.4, -0.2) is 37.1 Å². The fourth-order valence-corrected chi connectivity index (χ4v) is 1.86. The molecule has 0 radical (unpaired) electrons. The van der Waals surface area contributed by atoms with Gasteiger partial charge >= 0.3 is 0 Å². The van der Waals surface area contributed by atoms with Crippen LogP contribution in [0.25, 0.3) is 0 Å². The molecule has 0 spiro atoms. The van der Waals surface area contributed by atoms with Gasteiger partial charge in [-0.15, -0.1) is 0 Å². The number of benzene rings is 1. The molecule has 1 aliphatic rings. The fourth-order valence-electron chi connectivity index (χ4n) is 1.86. The zero-order valence-electron chi connectivity index (χ0n) is 11.7. The van der Waals surface area contributed by atoms with Crippen molar-refractivity contribution in [2.75, 3.05) is 30.3 Å². The summed E-state index contributed by atoms with van der Waals surface area (Å²) in [6.07, 6.45) is 0. The molecular weight excluding hydrogens is 258 g/mol. The Labute approximate surface area is 117 Å². The first-order chi connectivity index (χ1) is 9.47. The van der Waals surface area contributed by atoms with Crippen LogP contribution in [0.4, 0.5) is 11.4 Å². The van der Waals surface area contributed by atoms with Gasteiger partial charge in [-0.1, -0.05) is 0 Å². The van der Waals surface area contributed by atoms with E-state index in [2.05, 4.69) is 16.0 Å². The minimum atomic E-state index is -0.230. The number of amides is 2. The summed E-state index contributed by atoms with van der Waals surface area (Å²) in [6, 6.07) is 6.93. The van der Waals surface area contributed by atoms with Crippen molar-refractivity contribution in [3.8, 4) is 0 Å². The molecule has 0 saturated carbocycles. The molecular formula is C14H19N3O3. The molecule has 6 heteroatoms. The molecule has 1 aromatic rings. The van der Waals surface area contributed by atoms with Crippen molar-refractivity contribution in [1.82, 2.24) is 5.32 Å². The Kier molecular flexibility index (Phi) is 4.36. The highest BCUT2D eigenvalue weighted by Gasteiger charge is 2.32. The number of ether oxygens (including phenoxy) is 1. The maximum atomic E-state index is 11.7. The molecule has 0 bridgehead atoms.